The molecule has 0 bridgehead atoms. The number of carbonyl (C=O) groups is 2. The molecule has 0 saturated heterocycles. The second kappa shape index (κ2) is 9.40. The van der Waals surface area contributed by atoms with Crippen LogP contribution in [0.4, 0.5) is 5.69 Å². The van der Waals surface area contributed by atoms with Crippen molar-refractivity contribution in [2.75, 3.05) is 19.5 Å². The summed E-state index contributed by atoms with van der Waals surface area (Å²) < 4.78 is 12.1. The van der Waals surface area contributed by atoms with E-state index in [9.17, 15) is 9.59 Å². The highest BCUT2D eigenvalue weighted by atomic mass is 79.9. The number of hydrogen-bond donors (Lipinski definition) is 1. The Balaban J connectivity index is 1.58. The van der Waals surface area contributed by atoms with Gasteiger partial charge < -0.3 is 14.5 Å². The van der Waals surface area contributed by atoms with Crippen molar-refractivity contribution >= 4 is 33.4 Å². The summed E-state index contributed by atoms with van der Waals surface area (Å²) in [5, 5.41) is 3.85. The molecule has 2 aromatic carbocycles. The highest BCUT2D eigenvalue weighted by molar-refractivity contribution is 9.10. The second-order valence-corrected chi connectivity index (χ2v) is 6.94. The molecular weight excluding hydrogens is 440 g/mol. The highest BCUT2D eigenvalue weighted by Gasteiger charge is 2.14. The molecule has 0 aliphatic rings. The maximum Gasteiger partial charge on any atom is 0.291 e. The Morgan fingerprint density at radius 2 is 1.86 bits per heavy atom. The molecule has 2 amide bonds. The summed E-state index contributed by atoms with van der Waals surface area (Å²) in [6.45, 7) is 0.202. The van der Waals surface area contributed by atoms with E-state index in [1.165, 1.54) is 14.2 Å². The van der Waals surface area contributed by atoms with Gasteiger partial charge in [-0.3, -0.25) is 14.4 Å². The summed E-state index contributed by atoms with van der Waals surface area (Å²) in [6, 6.07) is 17.2. The first-order valence-electron chi connectivity index (χ1n) is 8.67. The molecule has 7 nitrogen and oxygen atoms in total. The van der Waals surface area contributed by atoms with Crippen molar-refractivity contribution in [3.8, 4) is 5.75 Å². The van der Waals surface area contributed by atoms with Crippen molar-refractivity contribution in [2.45, 2.75) is 6.61 Å². The quantitative estimate of drug-likeness (QED) is 0.526. The van der Waals surface area contributed by atoms with Crippen molar-refractivity contribution in [3.63, 3.8) is 0 Å². The fraction of sp³-hybridized carbons (Fsp3) is 0.143. The van der Waals surface area contributed by atoms with E-state index in [0.29, 0.717) is 22.8 Å². The topological polar surface area (TPSA) is 81.0 Å². The highest BCUT2D eigenvalue weighted by Crippen LogP contribution is 2.20. The van der Waals surface area contributed by atoms with Crippen LogP contribution in [0.3, 0.4) is 0 Å². The molecule has 3 rings (SSSR count). The fourth-order valence-corrected chi connectivity index (χ4v) is 2.82. The maximum absolute atomic E-state index is 12.4. The van der Waals surface area contributed by atoms with Crippen LogP contribution in [-0.2, 0) is 11.4 Å². The predicted octanol–water partition coefficient (Wildman–Crippen LogP) is 4.51. The summed E-state index contributed by atoms with van der Waals surface area (Å²) >= 11 is 3.38. The van der Waals surface area contributed by atoms with Gasteiger partial charge in [0.05, 0.1) is 7.11 Å². The zero-order valence-electron chi connectivity index (χ0n) is 15.8. The van der Waals surface area contributed by atoms with Gasteiger partial charge in [0, 0.05) is 22.8 Å². The van der Waals surface area contributed by atoms with Crippen LogP contribution < -0.4 is 10.1 Å². The molecule has 0 fully saturated rings. The minimum absolute atomic E-state index is 0.164. The number of nitrogens with zero attached hydrogens (tertiary/aromatic N) is 1. The minimum Gasteiger partial charge on any atom is -0.486 e. The Kier molecular flexibility index (Phi) is 6.69. The van der Waals surface area contributed by atoms with Gasteiger partial charge >= 0.3 is 0 Å². The monoisotopic (exact) mass is 458 g/mol. The van der Waals surface area contributed by atoms with E-state index in [2.05, 4.69) is 21.2 Å². The molecule has 29 heavy (non-hydrogen) atoms. The van der Waals surface area contributed by atoms with Crippen molar-refractivity contribution in [2.24, 2.45) is 0 Å². The van der Waals surface area contributed by atoms with Gasteiger partial charge in [0.25, 0.3) is 11.8 Å². The smallest absolute Gasteiger partial charge is 0.291 e. The lowest BCUT2D eigenvalue weighted by atomic mass is 10.2. The number of rotatable bonds is 7. The first-order valence-corrected chi connectivity index (χ1v) is 9.46. The third-order valence-electron chi connectivity index (χ3n) is 4.01. The van der Waals surface area contributed by atoms with E-state index < -0.39 is 5.91 Å². The molecule has 0 aliphatic carbocycles. The van der Waals surface area contributed by atoms with E-state index in [4.69, 9.17) is 14.0 Å². The molecule has 0 radical (unpaired) electrons. The number of benzene rings is 2. The van der Waals surface area contributed by atoms with E-state index in [0.717, 1.165) is 9.54 Å². The zero-order chi connectivity index (χ0) is 20.8. The maximum atomic E-state index is 12.4. The number of amides is 2. The molecule has 150 valence electrons. The lowest BCUT2D eigenvalue weighted by Crippen LogP contribution is -2.25. The van der Waals surface area contributed by atoms with Gasteiger partial charge in [0.2, 0.25) is 0 Å². The number of ether oxygens (including phenoxy) is 1. The number of anilines is 1. The summed E-state index contributed by atoms with van der Waals surface area (Å²) in [6.07, 6.45) is 0. The summed E-state index contributed by atoms with van der Waals surface area (Å²) in [5.74, 6) is 0.699. The summed E-state index contributed by atoms with van der Waals surface area (Å²) in [4.78, 5) is 29.2. The van der Waals surface area contributed by atoms with Crippen LogP contribution in [-0.4, -0.2) is 31.0 Å². The molecule has 0 atom stereocenters. The number of halogens is 1. The van der Waals surface area contributed by atoms with Gasteiger partial charge in [0.1, 0.15) is 18.1 Å². The van der Waals surface area contributed by atoms with Crippen molar-refractivity contribution in [3.05, 3.63) is 82.2 Å². The number of carbonyl (C=O) groups excluding carboxylic acids is 2. The average Bonchev–Trinajstić information content (AvgIpc) is 3.21. The Labute approximate surface area is 176 Å². The largest absolute Gasteiger partial charge is 0.486 e. The molecule has 3 aromatic rings. The SMILES string of the molecule is CON(C)C(=O)c1ccc(NC(=O)c2ccc(COc3cccc(Br)c3)o2)cc1. The van der Waals surface area contributed by atoms with E-state index >= 15 is 0 Å². The normalized spacial score (nSPS) is 10.4. The molecule has 8 heteroatoms. The number of nitrogens with one attached hydrogen (secondary N) is 1. The Hall–Kier alpha value is -3.10. The van der Waals surface area contributed by atoms with E-state index in [-0.39, 0.29) is 18.3 Å². The van der Waals surface area contributed by atoms with Crippen LogP contribution in [0.5, 0.6) is 5.75 Å². The van der Waals surface area contributed by atoms with Crippen LogP contribution in [0.25, 0.3) is 0 Å². The minimum atomic E-state index is -0.396. The van der Waals surface area contributed by atoms with Crippen LogP contribution in [0.1, 0.15) is 26.7 Å². The van der Waals surface area contributed by atoms with E-state index in [1.54, 1.807) is 36.4 Å². The van der Waals surface area contributed by atoms with Gasteiger partial charge in [-0.1, -0.05) is 22.0 Å². The molecule has 0 spiro atoms. The van der Waals surface area contributed by atoms with E-state index in [1.807, 2.05) is 24.3 Å². The molecule has 1 aromatic heterocycles. The van der Waals surface area contributed by atoms with Gasteiger partial charge in [0.15, 0.2) is 5.76 Å². The van der Waals surface area contributed by atoms with Gasteiger partial charge in [-0.05, 0) is 54.6 Å². The van der Waals surface area contributed by atoms with Crippen LogP contribution in [0.15, 0.2) is 69.6 Å². The Morgan fingerprint density at radius 3 is 2.55 bits per heavy atom. The van der Waals surface area contributed by atoms with Crippen LogP contribution >= 0.6 is 15.9 Å². The first kappa shape index (κ1) is 20.6. The summed E-state index contributed by atoms with van der Waals surface area (Å²) in [7, 11) is 2.93. The van der Waals surface area contributed by atoms with Gasteiger partial charge in [-0.2, -0.15) is 0 Å². The van der Waals surface area contributed by atoms with Crippen molar-refractivity contribution in [1.82, 2.24) is 5.06 Å². The predicted molar refractivity (Wildman–Crippen MR) is 111 cm³/mol. The molecule has 0 saturated carbocycles. The van der Waals surface area contributed by atoms with Crippen LogP contribution in [0, 0.1) is 0 Å². The Morgan fingerprint density at radius 1 is 1.10 bits per heavy atom. The van der Waals surface area contributed by atoms with Crippen molar-refractivity contribution in [1.29, 1.82) is 0 Å². The van der Waals surface area contributed by atoms with Crippen molar-refractivity contribution < 1.29 is 23.6 Å². The molecule has 0 aliphatic heterocycles. The number of hydrogen-bond acceptors (Lipinski definition) is 5. The van der Waals surface area contributed by atoms with Crippen LogP contribution in [0.2, 0.25) is 0 Å². The first-order chi connectivity index (χ1) is 14.0. The van der Waals surface area contributed by atoms with Gasteiger partial charge in [-0.15, -0.1) is 0 Å². The number of hydroxylamine groups is 2. The third kappa shape index (κ3) is 5.46. The average molecular weight is 459 g/mol. The molecule has 1 heterocycles. The zero-order valence-corrected chi connectivity index (χ0v) is 17.4. The second-order valence-electron chi connectivity index (χ2n) is 6.03. The lowest BCUT2D eigenvalue weighted by Gasteiger charge is -2.13. The molecule has 1 N–H and O–H groups in total. The fourth-order valence-electron chi connectivity index (χ4n) is 2.44. The lowest BCUT2D eigenvalue weighted by molar-refractivity contribution is -0.0756. The Bertz CT molecular complexity index is 1000. The third-order valence-corrected chi connectivity index (χ3v) is 4.51. The molecule has 0 unspecified atom stereocenters. The molecular formula is C21H19BrN2O5. The summed E-state index contributed by atoms with van der Waals surface area (Å²) in [5.41, 5.74) is 0.979. The standard InChI is InChI=1S/C21H19BrN2O5/c1-24(27-2)21(26)14-6-8-16(9-7-14)23-20(25)19-11-10-18(29-19)13-28-17-5-3-4-15(22)12-17/h3-12H,13H2,1-2H3,(H,23,25). The number of furan rings is 1. The van der Waals surface area contributed by atoms with Gasteiger partial charge in [-0.25, -0.2) is 5.06 Å².